The standard InChI is InChI=1S/C31H33N5O6/c1-40-25-10-6-5-9-24(25)33-30(39)34-15-13-31(14-16-34)29(38)35(20-36(31)23-7-3-2-4-8-23)19-28(37)32-18-22-11-12-26-27(17-22)42-21-41-26/h2-12,17H,13-16,18-21H2,1H3,(H,32,37)(H,33,39). The third-order valence-corrected chi connectivity index (χ3v) is 8.07. The van der Waals surface area contributed by atoms with Gasteiger partial charge in [-0.05, 0) is 54.8 Å². The second-order valence-corrected chi connectivity index (χ2v) is 10.5. The molecule has 218 valence electrons. The van der Waals surface area contributed by atoms with Crippen LogP contribution >= 0.6 is 0 Å². The van der Waals surface area contributed by atoms with Crippen LogP contribution in [0.15, 0.2) is 72.8 Å². The van der Waals surface area contributed by atoms with Gasteiger partial charge in [0.05, 0.1) is 19.5 Å². The topological polar surface area (TPSA) is 113 Å². The van der Waals surface area contributed by atoms with E-state index in [4.69, 9.17) is 14.2 Å². The summed E-state index contributed by atoms with van der Waals surface area (Å²) in [7, 11) is 1.56. The minimum absolute atomic E-state index is 0.0630. The maximum Gasteiger partial charge on any atom is 0.321 e. The Morgan fingerprint density at radius 2 is 1.69 bits per heavy atom. The molecule has 0 unspecified atom stereocenters. The lowest BCUT2D eigenvalue weighted by Crippen LogP contribution is -2.58. The van der Waals surface area contributed by atoms with E-state index in [2.05, 4.69) is 15.5 Å². The first-order valence-corrected chi connectivity index (χ1v) is 13.9. The Balaban J connectivity index is 1.12. The normalized spacial score (nSPS) is 17.0. The first-order valence-electron chi connectivity index (χ1n) is 13.9. The van der Waals surface area contributed by atoms with Crippen LogP contribution in [0.5, 0.6) is 17.2 Å². The van der Waals surface area contributed by atoms with E-state index in [9.17, 15) is 14.4 Å². The van der Waals surface area contributed by atoms with Crippen LogP contribution in [0.2, 0.25) is 0 Å². The van der Waals surface area contributed by atoms with E-state index in [1.54, 1.807) is 29.0 Å². The van der Waals surface area contributed by atoms with Crippen LogP contribution in [0.3, 0.4) is 0 Å². The van der Waals surface area contributed by atoms with E-state index >= 15 is 0 Å². The van der Waals surface area contributed by atoms with Gasteiger partial charge in [-0.15, -0.1) is 0 Å². The minimum Gasteiger partial charge on any atom is -0.495 e. The number of para-hydroxylation sites is 3. The van der Waals surface area contributed by atoms with Gasteiger partial charge >= 0.3 is 6.03 Å². The number of amides is 4. The number of nitrogens with one attached hydrogen (secondary N) is 2. The molecule has 3 aliphatic rings. The van der Waals surface area contributed by atoms with Crippen molar-refractivity contribution in [1.82, 2.24) is 15.1 Å². The second kappa shape index (κ2) is 11.5. The quantitative estimate of drug-likeness (QED) is 0.447. The molecular formula is C31H33N5O6. The van der Waals surface area contributed by atoms with Crippen LogP contribution in [0.4, 0.5) is 16.2 Å². The van der Waals surface area contributed by atoms with Crippen LogP contribution in [0, 0.1) is 0 Å². The molecule has 0 radical (unpaired) electrons. The van der Waals surface area contributed by atoms with E-state index in [1.165, 1.54) is 0 Å². The lowest BCUT2D eigenvalue weighted by atomic mass is 9.85. The number of carbonyl (C=O) groups excluding carboxylic acids is 3. The molecule has 0 bridgehead atoms. The number of ether oxygens (including phenoxy) is 3. The summed E-state index contributed by atoms with van der Waals surface area (Å²) in [4.78, 5) is 45.5. The number of benzene rings is 3. The van der Waals surface area contributed by atoms with Crippen molar-refractivity contribution < 1.29 is 28.6 Å². The number of anilines is 2. The number of likely N-dealkylation sites (tertiary alicyclic amines) is 1. The van der Waals surface area contributed by atoms with E-state index in [1.807, 2.05) is 60.7 Å². The molecule has 0 aliphatic carbocycles. The number of piperidine rings is 1. The molecule has 3 aromatic rings. The van der Waals surface area contributed by atoms with Gasteiger partial charge in [-0.2, -0.15) is 0 Å². The van der Waals surface area contributed by atoms with Gasteiger partial charge in [0.1, 0.15) is 17.8 Å². The first-order chi connectivity index (χ1) is 20.5. The van der Waals surface area contributed by atoms with Crippen LogP contribution in [-0.4, -0.2) is 73.4 Å². The van der Waals surface area contributed by atoms with Crippen molar-refractivity contribution in [2.75, 3.05) is 50.4 Å². The van der Waals surface area contributed by atoms with Gasteiger partial charge in [-0.25, -0.2) is 4.79 Å². The maximum absolute atomic E-state index is 14.0. The number of hydrogen-bond donors (Lipinski definition) is 2. The number of hydrogen-bond acceptors (Lipinski definition) is 7. The molecule has 3 aliphatic heterocycles. The molecule has 0 saturated carbocycles. The van der Waals surface area contributed by atoms with E-state index in [-0.39, 0.29) is 37.9 Å². The van der Waals surface area contributed by atoms with Gasteiger partial charge in [0.25, 0.3) is 5.91 Å². The van der Waals surface area contributed by atoms with Crippen molar-refractivity contribution in [3.8, 4) is 17.2 Å². The summed E-state index contributed by atoms with van der Waals surface area (Å²) in [6.45, 7) is 1.49. The lowest BCUT2D eigenvalue weighted by molar-refractivity contribution is -0.137. The van der Waals surface area contributed by atoms with Gasteiger partial charge in [-0.3, -0.25) is 9.59 Å². The highest BCUT2D eigenvalue weighted by Crippen LogP contribution is 2.40. The van der Waals surface area contributed by atoms with Crippen molar-refractivity contribution in [2.45, 2.75) is 24.9 Å². The number of fused-ring (bicyclic) bond motifs is 1. The summed E-state index contributed by atoms with van der Waals surface area (Å²) < 4.78 is 16.1. The summed E-state index contributed by atoms with van der Waals surface area (Å²) in [5, 5.41) is 5.84. The van der Waals surface area contributed by atoms with E-state index < -0.39 is 5.54 Å². The highest BCUT2D eigenvalue weighted by Gasteiger charge is 2.54. The first kappa shape index (κ1) is 27.3. The highest BCUT2D eigenvalue weighted by atomic mass is 16.7. The fourth-order valence-electron chi connectivity index (χ4n) is 5.83. The molecule has 42 heavy (non-hydrogen) atoms. The molecule has 3 aromatic carbocycles. The summed E-state index contributed by atoms with van der Waals surface area (Å²) >= 11 is 0. The van der Waals surface area contributed by atoms with Gasteiger partial charge in [0.2, 0.25) is 12.7 Å². The Morgan fingerprint density at radius 1 is 0.952 bits per heavy atom. The molecule has 4 amide bonds. The van der Waals surface area contributed by atoms with Crippen molar-refractivity contribution in [2.24, 2.45) is 0 Å². The molecule has 0 atom stereocenters. The monoisotopic (exact) mass is 571 g/mol. The molecule has 3 heterocycles. The molecule has 2 fully saturated rings. The van der Waals surface area contributed by atoms with Crippen LogP contribution < -0.4 is 29.7 Å². The largest absolute Gasteiger partial charge is 0.495 e. The Bertz CT molecular complexity index is 1470. The van der Waals surface area contributed by atoms with Gasteiger partial charge < -0.3 is 39.5 Å². The molecule has 2 N–H and O–H groups in total. The van der Waals surface area contributed by atoms with Crippen molar-refractivity contribution in [3.05, 3.63) is 78.4 Å². The average molecular weight is 572 g/mol. The molecule has 2 saturated heterocycles. The molecule has 6 rings (SSSR count). The Kier molecular flexibility index (Phi) is 7.47. The summed E-state index contributed by atoms with van der Waals surface area (Å²) in [5.41, 5.74) is 1.52. The Hall–Kier alpha value is -4.93. The molecule has 11 heteroatoms. The number of carbonyl (C=O) groups is 3. The smallest absolute Gasteiger partial charge is 0.321 e. The fourth-order valence-corrected chi connectivity index (χ4v) is 5.83. The summed E-state index contributed by atoms with van der Waals surface area (Å²) in [5.74, 6) is 1.56. The van der Waals surface area contributed by atoms with Crippen molar-refractivity contribution in [1.29, 1.82) is 0 Å². The third-order valence-electron chi connectivity index (χ3n) is 8.07. The zero-order chi connectivity index (χ0) is 29.1. The predicted octanol–water partition coefficient (Wildman–Crippen LogP) is 3.41. The second-order valence-electron chi connectivity index (χ2n) is 10.5. The van der Waals surface area contributed by atoms with Gasteiger partial charge in [-0.1, -0.05) is 36.4 Å². The Labute approximate surface area is 243 Å². The van der Waals surface area contributed by atoms with E-state index in [0.717, 1.165) is 11.3 Å². The summed E-state index contributed by atoms with van der Waals surface area (Å²) in [6, 6.07) is 22.3. The van der Waals surface area contributed by atoms with Crippen LogP contribution in [0.1, 0.15) is 18.4 Å². The zero-order valence-electron chi connectivity index (χ0n) is 23.4. The van der Waals surface area contributed by atoms with E-state index in [0.29, 0.717) is 55.4 Å². The van der Waals surface area contributed by atoms with Crippen molar-refractivity contribution in [3.63, 3.8) is 0 Å². The SMILES string of the molecule is COc1ccccc1NC(=O)N1CCC2(CC1)C(=O)N(CC(=O)NCc1ccc3c(c1)OCO3)CN2c1ccccc1. The zero-order valence-corrected chi connectivity index (χ0v) is 23.4. The van der Waals surface area contributed by atoms with Crippen LogP contribution in [-0.2, 0) is 16.1 Å². The van der Waals surface area contributed by atoms with Gasteiger partial charge in [0.15, 0.2) is 11.5 Å². The minimum atomic E-state index is -0.847. The number of urea groups is 1. The number of rotatable bonds is 7. The average Bonchev–Trinajstić information content (AvgIpc) is 3.59. The summed E-state index contributed by atoms with van der Waals surface area (Å²) in [6.07, 6.45) is 0.880. The molecule has 11 nitrogen and oxygen atoms in total. The predicted molar refractivity (Wildman–Crippen MR) is 155 cm³/mol. The number of methoxy groups -OCH3 is 1. The third kappa shape index (κ3) is 5.25. The maximum atomic E-state index is 14.0. The fraction of sp³-hybridized carbons (Fsp3) is 0.323. The van der Waals surface area contributed by atoms with Gasteiger partial charge in [0, 0.05) is 25.3 Å². The highest BCUT2D eigenvalue weighted by molar-refractivity contribution is 5.97. The van der Waals surface area contributed by atoms with Crippen LogP contribution in [0.25, 0.3) is 0 Å². The molecule has 1 spiro atoms. The van der Waals surface area contributed by atoms with Crippen molar-refractivity contribution >= 4 is 29.2 Å². The molecule has 0 aromatic heterocycles. The number of nitrogens with zero attached hydrogens (tertiary/aromatic N) is 3. The molecular weight excluding hydrogens is 538 g/mol. The Morgan fingerprint density at radius 3 is 2.48 bits per heavy atom. The lowest BCUT2D eigenvalue weighted by Gasteiger charge is -2.43.